The topological polar surface area (TPSA) is 221 Å². The zero-order valence-corrected chi connectivity index (χ0v) is 22.1. The molecular formula is C24H26F3N5O8S. The second-order valence-corrected chi connectivity index (χ2v) is 10.3. The van der Waals surface area contributed by atoms with Gasteiger partial charge < -0.3 is 26.1 Å². The van der Waals surface area contributed by atoms with Gasteiger partial charge in [0.1, 0.15) is 18.0 Å². The van der Waals surface area contributed by atoms with Crippen LogP contribution in [0.3, 0.4) is 0 Å². The summed E-state index contributed by atoms with van der Waals surface area (Å²) in [6.07, 6.45) is -5.36. The van der Waals surface area contributed by atoms with Gasteiger partial charge in [-0.05, 0) is 24.6 Å². The van der Waals surface area contributed by atoms with E-state index < -0.39 is 52.7 Å². The zero-order chi connectivity index (χ0) is 31.0. The molecule has 222 valence electrons. The van der Waals surface area contributed by atoms with Gasteiger partial charge in [-0.25, -0.2) is 13.2 Å². The van der Waals surface area contributed by atoms with Crippen molar-refractivity contribution in [2.75, 3.05) is 6.54 Å². The van der Waals surface area contributed by atoms with E-state index in [9.17, 15) is 36.3 Å². The summed E-state index contributed by atoms with van der Waals surface area (Å²) >= 11 is 0. The highest BCUT2D eigenvalue weighted by Gasteiger charge is 2.38. The van der Waals surface area contributed by atoms with E-state index in [4.69, 9.17) is 25.9 Å². The Hall–Kier alpha value is -4.51. The average molecular weight is 602 g/mol. The first kappa shape index (κ1) is 32.7. The van der Waals surface area contributed by atoms with Gasteiger partial charge in [-0.3, -0.25) is 15.0 Å². The lowest BCUT2D eigenvalue weighted by Crippen LogP contribution is -2.48. The number of nitrogens with zero attached hydrogens (tertiary/aromatic N) is 1. The number of amides is 1. The van der Waals surface area contributed by atoms with Crippen LogP contribution in [-0.4, -0.2) is 72.9 Å². The lowest BCUT2D eigenvalue weighted by molar-refractivity contribution is -0.192. The van der Waals surface area contributed by atoms with Crippen LogP contribution < -0.4 is 15.8 Å². The van der Waals surface area contributed by atoms with Crippen LogP contribution in [0.4, 0.5) is 13.2 Å². The van der Waals surface area contributed by atoms with Gasteiger partial charge in [0.15, 0.2) is 0 Å². The monoisotopic (exact) mass is 601 g/mol. The molecule has 0 fully saturated rings. The molecule has 2 aromatic carbocycles. The van der Waals surface area contributed by atoms with Crippen molar-refractivity contribution in [1.82, 2.24) is 10.0 Å². The second-order valence-electron chi connectivity index (χ2n) is 8.60. The number of nitrogen functional groups attached to an aromatic ring is 1. The molecule has 1 amide bonds. The molecule has 0 spiro atoms. The molecule has 0 saturated carbocycles. The van der Waals surface area contributed by atoms with Gasteiger partial charge in [0.05, 0.1) is 17.0 Å². The number of hydrogen-bond acceptors (Lipinski definition) is 8. The number of aryl methyl sites for hydroxylation is 1. The third kappa shape index (κ3) is 10.2. The molecule has 41 heavy (non-hydrogen) atoms. The summed E-state index contributed by atoms with van der Waals surface area (Å²) < 4.78 is 58.8. The average Bonchev–Trinajstić information content (AvgIpc) is 3.34. The number of carbonyl (C=O) groups excluding carboxylic acids is 1. The number of oxime groups is 1. The van der Waals surface area contributed by atoms with Gasteiger partial charge in [-0.1, -0.05) is 47.1 Å². The smallest absolute Gasteiger partial charge is 0.480 e. The number of hydrogen-bond donors (Lipinski definition) is 6. The Morgan fingerprint density at radius 1 is 1.12 bits per heavy atom. The van der Waals surface area contributed by atoms with Crippen molar-refractivity contribution in [3.05, 3.63) is 65.2 Å². The largest absolute Gasteiger partial charge is 0.490 e. The van der Waals surface area contributed by atoms with E-state index in [-0.39, 0.29) is 17.2 Å². The van der Waals surface area contributed by atoms with E-state index in [0.29, 0.717) is 17.7 Å². The number of carboxylic acids is 2. The molecule has 1 aliphatic heterocycles. The molecule has 0 bridgehead atoms. The quantitative estimate of drug-likeness (QED) is 0.171. The SMILES string of the molecule is Cc1ccc(S(=O)(=O)N[C@@H](CNC(=O)CC2CC(c3ccc(C(=N)N)cc3)=NO2)C(=O)O)cc1.O=C(O)C(F)(F)F. The molecule has 0 aliphatic carbocycles. The summed E-state index contributed by atoms with van der Waals surface area (Å²) in [5.74, 6) is -4.74. The molecular weight excluding hydrogens is 575 g/mol. The molecule has 1 heterocycles. The molecule has 3 rings (SSSR count). The first-order valence-electron chi connectivity index (χ1n) is 11.6. The minimum absolute atomic E-state index is 0.0495. The van der Waals surface area contributed by atoms with E-state index in [1.54, 1.807) is 43.3 Å². The number of rotatable bonds is 10. The Morgan fingerprint density at radius 3 is 2.17 bits per heavy atom. The normalized spacial score (nSPS) is 15.4. The van der Waals surface area contributed by atoms with Crippen molar-refractivity contribution in [2.45, 2.75) is 43.0 Å². The fraction of sp³-hybridized carbons (Fsp3) is 0.292. The molecule has 2 aromatic rings. The van der Waals surface area contributed by atoms with Crippen LogP contribution in [0.25, 0.3) is 0 Å². The summed E-state index contributed by atoms with van der Waals surface area (Å²) in [6.45, 7) is 1.36. The summed E-state index contributed by atoms with van der Waals surface area (Å²) in [5, 5.41) is 30.4. The predicted molar refractivity (Wildman–Crippen MR) is 138 cm³/mol. The van der Waals surface area contributed by atoms with E-state index in [2.05, 4.69) is 15.2 Å². The first-order chi connectivity index (χ1) is 19.0. The minimum Gasteiger partial charge on any atom is -0.480 e. The molecule has 0 radical (unpaired) electrons. The summed E-state index contributed by atoms with van der Waals surface area (Å²) in [5.41, 5.74) is 8.27. The van der Waals surface area contributed by atoms with Crippen LogP contribution >= 0.6 is 0 Å². The maximum atomic E-state index is 12.5. The number of aliphatic carboxylic acids is 2. The van der Waals surface area contributed by atoms with Crippen LogP contribution in [0.5, 0.6) is 0 Å². The minimum atomic E-state index is -5.08. The Bertz CT molecular complexity index is 1410. The van der Waals surface area contributed by atoms with E-state index >= 15 is 0 Å². The van der Waals surface area contributed by atoms with Crippen molar-refractivity contribution in [3.8, 4) is 0 Å². The number of benzene rings is 2. The highest BCUT2D eigenvalue weighted by molar-refractivity contribution is 7.89. The Morgan fingerprint density at radius 2 is 1.68 bits per heavy atom. The Balaban J connectivity index is 0.000000745. The number of nitrogens with two attached hydrogens (primary N) is 1. The maximum Gasteiger partial charge on any atom is 0.490 e. The number of carbonyl (C=O) groups is 3. The van der Waals surface area contributed by atoms with E-state index in [1.807, 2.05) is 0 Å². The van der Waals surface area contributed by atoms with Gasteiger partial charge in [-0.2, -0.15) is 17.9 Å². The van der Waals surface area contributed by atoms with Crippen molar-refractivity contribution in [1.29, 1.82) is 5.41 Å². The highest BCUT2D eigenvalue weighted by Crippen LogP contribution is 2.19. The number of halogens is 3. The predicted octanol–water partition coefficient (Wildman–Crippen LogP) is 1.34. The van der Waals surface area contributed by atoms with Crippen LogP contribution in [0.1, 0.15) is 29.5 Å². The van der Waals surface area contributed by atoms with Gasteiger partial charge >= 0.3 is 18.1 Å². The molecule has 13 nitrogen and oxygen atoms in total. The molecule has 2 atom stereocenters. The standard InChI is InChI=1S/C22H25N5O6S.C2HF3O2/c1-13-2-8-17(9-3-13)34(31,32)27-19(22(29)30)12-25-20(28)11-16-10-18(26-33-16)14-4-6-15(7-5-14)21(23)24;3-2(4,5)1(6)7/h2-9,16,19,27H,10-12H2,1H3,(H3,23,24)(H,25,28)(H,29,30);(H,6,7)/t16?,19-;/m0./s1. The van der Waals surface area contributed by atoms with Crippen molar-refractivity contribution < 1.29 is 51.0 Å². The van der Waals surface area contributed by atoms with Crippen LogP contribution in [-0.2, 0) is 29.2 Å². The molecule has 17 heteroatoms. The summed E-state index contributed by atoms with van der Waals surface area (Å²) in [4.78, 5) is 38.0. The molecule has 1 aliphatic rings. The van der Waals surface area contributed by atoms with Gasteiger partial charge in [0.2, 0.25) is 15.9 Å². The van der Waals surface area contributed by atoms with Crippen molar-refractivity contribution >= 4 is 39.4 Å². The number of sulfonamides is 1. The van der Waals surface area contributed by atoms with Crippen molar-refractivity contribution in [2.24, 2.45) is 10.9 Å². The fourth-order valence-electron chi connectivity index (χ4n) is 3.20. The molecule has 7 N–H and O–H groups in total. The number of amidine groups is 1. The Kier molecular flexibility index (Phi) is 10.9. The van der Waals surface area contributed by atoms with Crippen LogP contribution in [0.15, 0.2) is 58.6 Å². The number of alkyl halides is 3. The highest BCUT2D eigenvalue weighted by atomic mass is 32.2. The summed E-state index contributed by atoms with van der Waals surface area (Å²) in [7, 11) is -4.08. The Labute approximate surface area is 231 Å². The first-order valence-corrected chi connectivity index (χ1v) is 13.0. The fourth-order valence-corrected chi connectivity index (χ4v) is 4.39. The lowest BCUT2D eigenvalue weighted by Gasteiger charge is -2.16. The van der Waals surface area contributed by atoms with Crippen LogP contribution in [0, 0.1) is 12.3 Å². The van der Waals surface area contributed by atoms with E-state index in [1.165, 1.54) is 12.1 Å². The third-order valence-electron chi connectivity index (χ3n) is 5.35. The van der Waals surface area contributed by atoms with E-state index in [0.717, 1.165) is 11.1 Å². The molecule has 1 unspecified atom stereocenters. The third-order valence-corrected chi connectivity index (χ3v) is 6.84. The molecule has 0 saturated heterocycles. The number of nitrogens with one attached hydrogen (secondary N) is 3. The van der Waals surface area contributed by atoms with Crippen LogP contribution in [0.2, 0.25) is 0 Å². The summed E-state index contributed by atoms with van der Waals surface area (Å²) in [6, 6.07) is 11.3. The van der Waals surface area contributed by atoms with Crippen molar-refractivity contribution in [3.63, 3.8) is 0 Å². The maximum absolute atomic E-state index is 12.5. The number of carboxylic acid groups (broad SMARTS) is 2. The lowest BCUT2D eigenvalue weighted by atomic mass is 10.0. The van der Waals surface area contributed by atoms with Gasteiger partial charge in [0.25, 0.3) is 0 Å². The zero-order valence-electron chi connectivity index (χ0n) is 21.3. The van der Waals surface area contributed by atoms with Gasteiger partial charge in [-0.15, -0.1) is 0 Å². The second kappa shape index (κ2) is 13.7. The van der Waals surface area contributed by atoms with Gasteiger partial charge in [0, 0.05) is 18.5 Å². The molecule has 0 aromatic heterocycles.